The van der Waals surface area contributed by atoms with Gasteiger partial charge < -0.3 is 4.74 Å². The lowest BCUT2D eigenvalue weighted by atomic mass is 9.93. The molecule has 0 aliphatic rings. The van der Waals surface area contributed by atoms with Crippen molar-refractivity contribution in [1.82, 2.24) is 0 Å². The van der Waals surface area contributed by atoms with Crippen molar-refractivity contribution in [2.75, 3.05) is 6.61 Å². The maximum Gasteiger partial charge on any atom is 0.460 e. The van der Waals surface area contributed by atoms with Crippen LogP contribution in [0.15, 0.2) is 0 Å². The lowest BCUT2D eigenvalue weighted by molar-refractivity contribution is -0.440. The molecular formula is C13H12BrF13O2. The van der Waals surface area contributed by atoms with Crippen LogP contribution in [0.3, 0.4) is 0 Å². The van der Waals surface area contributed by atoms with Gasteiger partial charge in [-0.15, -0.1) is 0 Å². The zero-order valence-corrected chi connectivity index (χ0v) is 15.8. The molecular weight excluding hydrogens is 515 g/mol. The van der Waals surface area contributed by atoms with Crippen LogP contribution >= 0.6 is 15.9 Å². The average Bonchev–Trinajstić information content (AvgIpc) is 2.52. The molecule has 0 aromatic rings. The zero-order chi connectivity index (χ0) is 23.9. The summed E-state index contributed by atoms with van der Waals surface area (Å²) >= 11 is 2.75. The number of carbonyl (C=O) groups is 1. The Bertz CT molecular complexity index is 598. The molecule has 2 nitrogen and oxygen atoms in total. The third-order valence-electron chi connectivity index (χ3n) is 3.74. The fraction of sp³-hybridized carbons (Fsp3) is 0.923. The number of carbonyl (C=O) groups excluding carboxylic acids is 1. The van der Waals surface area contributed by atoms with Gasteiger partial charge in [0.2, 0.25) is 0 Å². The Labute approximate surface area is 162 Å². The van der Waals surface area contributed by atoms with E-state index in [2.05, 4.69) is 20.7 Å². The van der Waals surface area contributed by atoms with Gasteiger partial charge in [0.25, 0.3) is 0 Å². The predicted molar refractivity (Wildman–Crippen MR) is 74.0 cm³/mol. The van der Waals surface area contributed by atoms with Crippen LogP contribution in [0.1, 0.15) is 26.7 Å². The first-order valence-corrected chi connectivity index (χ1v) is 8.05. The standard InChI is InChI=1S/C13H12BrF13O2/c1-3-7(2,14)6(28)29-5-4-8(15,16)9(17,18)10(19,20)11(21,22)12(23,24)13(25,26)27/h3-5H2,1-2H3. The second-order valence-electron chi connectivity index (χ2n) is 5.94. The fourth-order valence-electron chi connectivity index (χ4n) is 1.53. The summed E-state index contributed by atoms with van der Waals surface area (Å²) in [4.78, 5) is 11.4. The van der Waals surface area contributed by atoms with Gasteiger partial charge in [-0.25, -0.2) is 0 Å². The van der Waals surface area contributed by atoms with Crippen molar-refractivity contribution in [2.45, 2.75) is 66.8 Å². The molecule has 0 fully saturated rings. The molecule has 0 aromatic carbocycles. The van der Waals surface area contributed by atoms with Gasteiger partial charge in [-0.2, -0.15) is 57.1 Å². The van der Waals surface area contributed by atoms with Gasteiger partial charge in [0.05, 0.1) is 13.0 Å². The Morgan fingerprint density at radius 3 is 1.48 bits per heavy atom. The van der Waals surface area contributed by atoms with Gasteiger partial charge in [-0.05, 0) is 13.3 Å². The number of ether oxygens (including phenoxy) is 1. The molecule has 1 atom stereocenters. The Morgan fingerprint density at radius 1 is 0.759 bits per heavy atom. The highest BCUT2D eigenvalue weighted by molar-refractivity contribution is 9.10. The van der Waals surface area contributed by atoms with Crippen LogP contribution < -0.4 is 0 Å². The van der Waals surface area contributed by atoms with Crippen LogP contribution in [0.2, 0.25) is 0 Å². The molecule has 0 saturated carbocycles. The molecule has 0 aromatic heterocycles. The molecule has 174 valence electrons. The van der Waals surface area contributed by atoms with Crippen molar-refractivity contribution in [3.05, 3.63) is 0 Å². The molecule has 16 heteroatoms. The summed E-state index contributed by atoms with van der Waals surface area (Å²) in [5.41, 5.74) is 0. The molecule has 0 amide bonds. The molecule has 0 aliphatic heterocycles. The summed E-state index contributed by atoms with van der Waals surface area (Å²) in [5.74, 6) is -38.6. The van der Waals surface area contributed by atoms with Gasteiger partial charge in [-0.3, -0.25) is 4.79 Å². The van der Waals surface area contributed by atoms with E-state index in [1.807, 2.05) is 0 Å². The number of rotatable bonds is 9. The SMILES string of the molecule is CCC(C)(Br)C(=O)OCCC(F)(F)C(F)(F)C(F)(F)C(F)(F)C(F)(F)C(F)(F)F. The molecule has 0 aliphatic carbocycles. The van der Waals surface area contributed by atoms with Crippen molar-refractivity contribution >= 4 is 21.9 Å². The van der Waals surface area contributed by atoms with Gasteiger partial charge in [0, 0.05) is 0 Å². The Morgan fingerprint density at radius 2 is 1.14 bits per heavy atom. The third-order valence-corrected chi connectivity index (χ3v) is 4.62. The van der Waals surface area contributed by atoms with E-state index in [-0.39, 0.29) is 6.42 Å². The van der Waals surface area contributed by atoms with E-state index in [1.165, 1.54) is 6.92 Å². The minimum Gasteiger partial charge on any atom is -0.464 e. The third kappa shape index (κ3) is 4.70. The summed E-state index contributed by atoms with van der Waals surface area (Å²) in [5, 5.41) is 0. The average molecular weight is 527 g/mol. The first-order chi connectivity index (χ1) is 12.4. The topological polar surface area (TPSA) is 26.3 Å². The molecule has 0 radical (unpaired) electrons. The molecule has 29 heavy (non-hydrogen) atoms. The van der Waals surface area contributed by atoms with Crippen LogP contribution in [-0.4, -0.2) is 52.7 Å². The minimum absolute atomic E-state index is 0.0325. The maximum atomic E-state index is 13.4. The molecule has 0 N–H and O–H groups in total. The van der Waals surface area contributed by atoms with Crippen molar-refractivity contribution in [3.63, 3.8) is 0 Å². The Hall–Kier alpha value is -0.960. The quantitative estimate of drug-likeness (QED) is 0.202. The summed E-state index contributed by atoms with van der Waals surface area (Å²) in [7, 11) is 0. The highest BCUT2D eigenvalue weighted by Crippen LogP contribution is 2.60. The van der Waals surface area contributed by atoms with Gasteiger partial charge >= 0.3 is 41.8 Å². The molecule has 0 rings (SSSR count). The Balaban J connectivity index is 5.74. The maximum absolute atomic E-state index is 13.4. The summed E-state index contributed by atoms with van der Waals surface area (Å²) in [6.07, 6.45) is -10.1. The number of hydrogen-bond donors (Lipinski definition) is 0. The first-order valence-electron chi connectivity index (χ1n) is 7.26. The van der Waals surface area contributed by atoms with E-state index < -0.39 is 59.1 Å². The zero-order valence-electron chi connectivity index (χ0n) is 14.2. The van der Waals surface area contributed by atoms with Crippen molar-refractivity contribution < 1.29 is 66.6 Å². The van der Waals surface area contributed by atoms with Crippen molar-refractivity contribution in [2.24, 2.45) is 0 Å². The largest absolute Gasteiger partial charge is 0.464 e. The number of esters is 1. The van der Waals surface area contributed by atoms with E-state index in [4.69, 9.17) is 0 Å². The van der Waals surface area contributed by atoms with E-state index in [1.54, 1.807) is 0 Å². The smallest absolute Gasteiger partial charge is 0.460 e. The summed E-state index contributed by atoms with van der Waals surface area (Å²) in [6, 6.07) is 0. The molecule has 0 heterocycles. The normalized spacial score (nSPS) is 17.1. The van der Waals surface area contributed by atoms with Gasteiger partial charge in [0.15, 0.2) is 0 Å². The van der Waals surface area contributed by atoms with Crippen LogP contribution in [0.4, 0.5) is 57.1 Å². The van der Waals surface area contributed by atoms with E-state index >= 15 is 0 Å². The van der Waals surface area contributed by atoms with Crippen LogP contribution in [0, 0.1) is 0 Å². The van der Waals surface area contributed by atoms with E-state index in [0.29, 0.717) is 0 Å². The molecule has 1 unspecified atom stereocenters. The highest BCUT2D eigenvalue weighted by atomic mass is 79.9. The van der Waals surface area contributed by atoms with E-state index in [0.717, 1.165) is 6.92 Å². The minimum atomic E-state index is -7.95. The summed E-state index contributed by atoms with van der Waals surface area (Å²) in [6.45, 7) is 0.748. The molecule has 0 spiro atoms. The number of halogens is 14. The summed E-state index contributed by atoms with van der Waals surface area (Å²) < 4.78 is 170. The van der Waals surface area contributed by atoms with Crippen molar-refractivity contribution in [3.8, 4) is 0 Å². The van der Waals surface area contributed by atoms with Crippen LogP contribution in [-0.2, 0) is 9.53 Å². The second-order valence-corrected chi connectivity index (χ2v) is 7.69. The second kappa shape index (κ2) is 7.94. The lowest BCUT2D eigenvalue weighted by Crippen LogP contribution is -2.70. The molecule has 0 bridgehead atoms. The monoisotopic (exact) mass is 526 g/mol. The fourth-order valence-corrected chi connectivity index (χ4v) is 1.64. The predicted octanol–water partition coefficient (Wildman–Crippen LogP) is 6.22. The van der Waals surface area contributed by atoms with E-state index in [9.17, 15) is 61.9 Å². The Kier molecular flexibility index (Phi) is 7.68. The van der Waals surface area contributed by atoms with Crippen LogP contribution in [0.5, 0.6) is 0 Å². The van der Waals surface area contributed by atoms with Gasteiger partial charge in [-0.1, -0.05) is 22.9 Å². The van der Waals surface area contributed by atoms with Crippen LogP contribution in [0.25, 0.3) is 0 Å². The number of hydrogen-bond acceptors (Lipinski definition) is 2. The van der Waals surface area contributed by atoms with Crippen molar-refractivity contribution in [1.29, 1.82) is 0 Å². The highest BCUT2D eigenvalue weighted by Gasteiger charge is 2.90. The molecule has 0 saturated heterocycles. The number of alkyl halides is 14. The first kappa shape index (κ1) is 28.0. The van der Waals surface area contributed by atoms with Gasteiger partial charge in [0.1, 0.15) is 4.32 Å². The lowest BCUT2D eigenvalue weighted by Gasteiger charge is -2.39.